The number of aryl methyl sites for hydroxylation is 4. The number of nitrogens with one attached hydrogen (secondary N) is 3. The standard InChI is InChI=1S/C17H20.3CHNO/c1-11-9-13(3)17(14(4)10-11)16-8-6-7-12(2)15(16)5;3*2-1-3/h6-10H,1-5H3;3*2H. The Morgan fingerprint density at radius 2 is 1.08 bits per heavy atom. The smallest absolute Gasteiger partial charge is 0.222 e. The number of benzene rings is 2. The highest BCUT2D eigenvalue weighted by atomic mass is 16.1. The summed E-state index contributed by atoms with van der Waals surface area (Å²) in [4.78, 5) is 25.0. The summed E-state index contributed by atoms with van der Waals surface area (Å²) >= 11 is 0. The summed E-state index contributed by atoms with van der Waals surface area (Å²) in [6, 6.07) is 11.1. The number of rotatable bonds is 1. The van der Waals surface area contributed by atoms with Crippen molar-refractivity contribution in [3.05, 3.63) is 58.1 Å². The van der Waals surface area contributed by atoms with Crippen LogP contribution in [0.2, 0.25) is 0 Å². The van der Waals surface area contributed by atoms with Gasteiger partial charge in [0.2, 0.25) is 18.2 Å². The van der Waals surface area contributed by atoms with Crippen molar-refractivity contribution >= 4 is 18.2 Å². The second-order valence-electron chi connectivity index (χ2n) is 5.33. The summed E-state index contributed by atoms with van der Waals surface area (Å²) in [6.45, 7) is 11.0. The van der Waals surface area contributed by atoms with E-state index < -0.39 is 0 Å². The zero-order valence-corrected chi connectivity index (χ0v) is 15.6. The van der Waals surface area contributed by atoms with Crippen molar-refractivity contribution in [2.75, 3.05) is 0 Å². The quantitative estimate of drug-likeness (QED) is 0.513. The second-order valence-corrected chi connectivity index (χ2v) is 5.33. The van der Waals surface area contributed by atoms with Gasteiger partial charge in [-0.25, -0.2) is 30.6 Å². The fourth-order valence-corrected chi connectivity index (χ4v) is 2.63. The summed E-state index contributed by atoms with van der Waals surface area (Å²) in [7, 11) is 0. The van der Waals surface area contributed by atoms with E-state index in [0.717, 1.165) is 18.2 Å². The van der Waals surface area contributed by atoms with E-state index in [1.54, 1.807) is 0 Å². The van der Waals surface area contributed by atoms with Crippen molar-refractivity contribution in [2.45, 2.75) is 34.6 Å². The summed E-state index contributed by atoms with van der Waals surface area (Å²) in [5.41, 5.74) is 9.61. The normalized spacial score (nSPS) is 7.88. The molecule has 0 saturated heterocycles. The Bertz CT molecular complexity index is 773. The van der Waals surface area contributed by atoms with Gasteiger partial charge in [-0.3, -0.25) is 0 Å². The Hall–Kier alpha value is -3.42. The minimum absolute atomic E-state index is 0.750. The van der Waals surface area contributed by atoms with Crippen LogP contribution in [-0.2, 0) is 14.4 Å². The Morgan fingerprint density at radius 1 is 0.692 bits per heavy atom. The molecule has 0 aliphatic heterocycles. The molecule has 6 nitrogen and oxygen atoms in total. The van der Waals surface area contributed by atoms with E-state index in [1.165, 1.54) is 38.9 Å². The van der Waals surface area contributed by atoms with Gasteiger partial charge in [-0.2, -0.15) is 0 Å². The van der Waals surface area contributed by atoms with Crippen LogP contribution in [-0.4, -0.2) is 18.2 Å². The summed E-state index contributed by atoms with van der Waals surface area (Å²) in [6.07, 6.45) is 2.25. The van der Waals surface area contributed by atoms with E-state index in [9.17, 15) is 0 Å². The first kappa shape index (κ1) is 24.8. The average molecular weight is 353 g/mol. The maximum absolute atomic E-state index is 8.35. The Labute approximate surface area is 153 Å². The van der Waals surface area contributed by atoms with Crippen molar-refractivity contribution in [1.82, 2.24) is 0 Å². The minimum Gasteiger partial charge on any atom is -0.222 e. The topological polar surface area (TPSA) is 123 Å². The third-order valence-corrected chi connectivity index (χ3v) is 3.55. The maximum atomic E-state index is 8.35. The van der Waals surface area contributed by atoms with Crippen molar-refractivity contribution in [1.29, 1.82) is 16.2 Å². The molecule has 0 aliphatic carbocycles. The molecule has 0 saturated carbocycles. The SMILES string of the molecule is Cc1cc(C)c(-c2cccc(C)c2C)c(C)c1.N=C=O.N=C=O.N=C=O. The molecule has 2 rings (SSSR count). The van der Waals surface area contributed by atoms with Crippen LogP contribution < -0.4 is 0 Å². The predicted molar refractivity (Wildman–Crippen MR) is 101 cm³/mol. The zero-order valence-electron chi connectivity index (χ0n) is 15.6. The molecular weight excluding hydrogens is 330 g/mol. The molecule has 26 heavy (non-hydrogen) atoms. The Balaban J connectivity index is 0. The molecule has 3 N–H and O–H groups in total. The Kier molecular flexibility index (Phi) is 13.3. The molecule has 0 aromatic heterocycles. The summed E-state index contributed by atoms with van der Waals surface area (Å²) < 4.78 is 0. The lowest BCUT2D eigenvalue weighted by molar-refractivity contribution is 0.562. The average Bonchev–Trinajstić information content (AvgIpc) is 2.53. The maximum Gasteiger partial charge on any atom is 0.231 e. The molecule has 0 radical (unpaired) electrons. The van der Waals surface area contributed by atoms with Crippen molar-refractivity contribution in [2.24, 2.45) is 0 Å². The first-order valence-corrected chi connectivity index (χ1v) is 7.51. The van der Waals surface area contributed by atoms with Crippen LogP contribution in [0.1, 0.15) is 27.8 Å². The molecule has 6 heteroatoms. The third kappa shape index (κ3) is 8.44. The molecule has 0 atom stereocenters. The number of carbonyl (C=O) groups excluding carboxylic acids is 3. The molecule has 0 amide bonds. The van der Waals surface area contributed by atoms with E-state index in [4.69, 9.17) is 30.6 Å². The minimum atomic E-state index is 0.750. The predicted octanol–water partition coefficient (Wildman–Crippen LogP) is 4.60. The van der Waals surface area contributed by atoms with Gasteiger partial charge in [0.15, 0.2) is 0 Å². The van der Waals surface area contributed by atoms with Crippen LogP contribution in [0.5, 0.6) is 0 Å². The second kappa shape index (κ2) is 14.0. The van der Waals surface area contributed by atoms with E-state index in [-0.39, 0.29) is 0 Å². The summed E-state index contributed by atoms with van der Waals surface area (Å²) in [5.74, 6) is 0. The Morgan fingerprint density at radius 3 is 1.46 bits per heavy atom. The highest BCUT2D eigenvalue weighted by molar-refractivity contribution is 5.74. The van der Waals surface area contributed by atoms with Gasteiger partial charge in [-0.1, -0.05) is 35.9 Å². The van der Waals surface area contributed by atoms with Crippen LogP contribution in [0, 0.1) is 50.8 Å². The molecule has 0 heterocycles. The van der Waals surface area contributed by atoms with Gasteiger partial charge in [0.1, 0.15) is 0 Å². The molecule has 2 aromatic rings. The first-order chi connectivity index (χ1) is 12.2. The molecule has 0 spiro atoms. The zero-order chi connectivity index (χ0) is 20.7. The molecule has 0 bridgehead atoms. The highest BCUT2D eigenvalue weighted by Crippen LogP contribution is 2.31. The number of isocyanates is 3. The van der Waals surface area contributed by atoms with E-state index in [1.807, 2.05) is 0 Å². The van der Waals surface area contributed by atoms with Gasteiger partial charge in [0.25, 0.3) is 0 Å². The molecule has 0 fully saturated rings. The first-order valence-electron chi connectivity index (χ1n) is 7.51. The van der Waals surface area contributed by atoms with Gasteiger partial charge < -0.3 is 0 Å². The van der Waals surface area contributed by atoms with Gasteiger partial charge in [0, 0.05) is 0 Å². The lowest BCUT2D eigenvalue weighted by Crippen LogP contribution is -1.93. The molecular formula is C20H23N3O3. The molecule has 2 aromatic carbocycles. The monoisotopic (exact) mass is 353 g/mol. The molecule has 136 valence electrons. The molecule has 0 aliphatic rings. The van der Waals surface area contributed by atoms with Crippen LogP contribution >= 0.6 is 0 Å². The highest BCUT2D eigenvalue weighted by Gasteiger charge is 2.09. The number of hydrogen-bond acceptors (Lipinski definition) is 6. The summed E-state index contributed by atoms with van der Waals surface area (Å²) in [5, 5.41) is 16.2. The van der Waals surface area contributed by atoms with Crippen molar-refractivity contribution < 1.29 is 14.4 Å². The van der Waals surface area contributed by atoms with Gasteiger partial charge in [-0.05, 0) is 68.0 Å². The molecule has 0 unspecified atom stereocenters. The number of hydrogen-bond donors (Lipinski definition) is 3. The van der Waals surface area contributed by atoms with Crippen molar-refractivity contribution in [3.8, 4) is 11.1 Å². The lowest BCUT2D eigenvalue weighted by Gasteiger charge is -2.15. The van der Waals surface area contributed by atoms with E-state index >= 15 is 0 Å². The van der Waals surface area contributed by atoms with Gasteiger partial charge in [-0.15, -0.1) is 0 Å². The van der Waals surface area contributed by atoms with Gasteiger partial charge >= 0.3 is 0 Å². The third-order valence-electron chi connectivity index (χ3n) is 3.55. The van der Waals surface area contributed by atoms with E-state index in [0.29, 0.717) is 0 Å². The van der Waals surface area contributed by atoms with Crippen LogP contribution in [0.25, 0.3) is 11.1 Å². The van der Waals surface area contributed by atoms with Crippen LogP contribution in [0.3, 0.4) is 0 Å². The fraction of sp³-hybridized carbons (Fsp3) is 0.250. The van der Waals surface area contributed by atoms with Crippen molar-refractivity contribution in [3.63, 3.8) is 0 Å². The van der Waals surface area contributed by atoms with Gasteiger partial charge in [0.05, 0.1) is 0 Å². The fourth-order valence-electron chi connectivity index (χ4n) is 2.63. The van der Waals surface area contributed by atoms with Crippen LogP contribution in [0.15, 0.2) is 30.3 Å². The van der Waals surface area contributed by atoms with Crippen LogP contribution in [0.4, 0.5) is 0 Å². The lowest BCUT2D eigenvalue weighted by atomic mass is 9.90. The van der Waals surface area contributed by atoms with E-state index in [2.05, 4.69) is 65.0 Å². The largest absolute Gasteiger partial charge is 0.231 e.